The molecule has 20 heavy (non-hydrogen) atoms. The Morgan fingerprint density at radius 2 is 2.20 bits per heavy atom. The number of sulfonamides is 1. The molecular weight excluding hydrogens is 348 g/mol. The van der Waals surface area contributed by atoms with E-state index >= 15 is 0 Å². The number of amides is 1. The van der Waals surface area contributed by atoms with Gasteiger partial charge in [0.1, 0.15) is 11.8 Å². The predicted octanol–water partition coefficient (Wildman–Crippen LogP) is 1.01. The fraction of sp³-hybridized carbons (Fsp3) is 0.417. The van der Waals surface area contributed by atoms with E-state index in [9.17, 15) is 13.2 Å². The zero-order chi connectivity index (χ0) is 14.8. The summed E-state index contributed by atoms with van der Waals surface area (Å²) < 4.78 is 32.5. The zero-order valence-corrected chi connectivity index (χ0v) is 13.3. The molecule has 1 aliphatic heterocycles. The first-order valence-corrected chi connectivity index (χ1v) is 8.35. The van der Waals surface area contributed by atoms with E-state index in [4.69, 9.17) is 4.74 Å². The van der Waals surface area contributed by atoms with E-state index in [0.717, 1.165) is 6.42 Å². The number of rotatable bonds is 4. The lowest BCUT2D eigenvalue weighted by atomic mass is 10.1. The van der Waals surface area contributed by atoms with Gasteiger partial charge >= 0.3 is 0 Å². The van der Waals surface area contributed by atoms with Gasteiger partial charge in [0.05, 0.1) is 16.5 Å². The van der Waals surface area contributed by atoms with Gasteiger partial charge < -0.3 is 10.1 Å². The van der Waals surface area contributed by atoms with Crippen molar-refractivity contribution in [2.75, 3.05) is 13.7 Å². The molecule has 1 unspecified atom stereocenters. The molecule has 0 aromatic heterocycles. The number of ether oxygens (including phenoxy) is 1. The fourth-order valence-electron chi connectivity index (χ4n) is 1.95. The average molecular weight is 363 g/mol. The first-order valence-electron chi connectivity index (χ1n) is 6.07. The molecule has 1 fully saturated rings. The summed E-state index contributed by atoms with van der Waals surface area (Å²) in [5, 5.41) is 2.64. The van der Waals surface area contributed by atoms with Crippen LogP contribution in [-0.2, 0) is 14.8 Å². The van der Waals surface area contributed by atoms with Crippen LogP contribution in [0.3, 0.4) is 0 Å². The SMILES string of the molecule is COc1ccc(S(=O)(=O)NC2CCCNC2=O)cc1Br. The van der Waals surface area contributed by atoms with Gasteiger partial charge in [-0.05, 0) is 47.0 Å². The van der Waals surface area contributed by atoms with Crippen molar-refractivity contribution in [1.29, 1.82) is 0 Å². The van der Waals surface area contributed by atoms with E-state index in [1.807, 2.05) is 0 Å². The summed E-state index contributed by atoms with van der Waals surface area (Å²) >= 11 is 3.24. The molecule has 0 spiro atoms. The Kier molecular flexibility index (Phi) is 4.66. The monoisotopic (exact) mass is 362 g/mol. The highest BCUT2D eigenvalue weighted by Crippen LogP contribution is 2.27. The van der Waals surface area contributed by atoms with Gasteiger partial charge in [-0.15, -0.1) is 0 Å². The number of methoxy groups -OCH3 is 1. The second-order valence-corrected chi connectivity index (χ2v) is 6.97. The number of carbonyl (C=O) groups is 1. The molecule has 8 heteroatoms. The first-order chi connectivity index (χ1) is 9.44. The molecule has 1 aromatic carbocycles. The van der Waals surface area contributed by atoms with Crippen LogP contribution in [0.4, 0.5) is 0 Å². The average Bonchev–Trinajstić information content (AvgIpc) is 2.41. The van der Waals surface area contributed by atoms with Crippen molar-refractivity contribution in [3.63, 3.8) is 0 Å². The molecular formula is C12H15BrN2O4S. The van der Waals surface area contributed by atoms with Gasteiger partial charge in [0.25, 0.3) is 0 Å². The Labute approximate surface area is 126 Å². The Morgan fingerprint density at radius 3 is 2.80 bits per heavy atom. The summed E-state index contributed by atoms with van der Waals surface area (Å²) in [6.45, 7) is 0.588. The molecule has 1 atom stereocenters. The second kappa shape index (κ2) is 6.11. The van der Waals surface area contributed by atoms with Gasteiger partial charge in [0.15, 0.2) is 0 Å². The van der Waals surface area contributed by atoms with Gasteiger partial charge in [0, 0.05) is 6.54 Å². The van der Waals surface area contributed by atoms with Crippen LogP contribution in [0.2, 0.25) is 0 Å². The highest BCUT2D eigenvalue weighted by molar-refractivity contribution is 9.10. The zero-order valence-electron chi connectivity index (χ0n) is 10.8. The number of hydrogen-bond acceptors (Lipinski definition) is 4. The molecule has 1 saturated heterocycles. The maximum atomic E-state index is 12.2. The van der Waals surface area contributed by atoms with E-state index in [1.54, 1.807) is 6.07 Å². The number of nitrogens with one attached hydrogen (secondary N) is 2. The molecule has 110 valence electrons. The number of carbonyl (C=O) groups excluding carboxylic acids is 1. The van der Waals surface area contributed by atoms with E-state index < -0.39 is 16.1 Å². The third-order valence-corrected chi connectivity index (χ3v) is 5.11. The third-order valence-electron chi connectivity index (χ3n) is 3.02. The van der Waals surface area contributed by atoms with Gasteiger partial charge in [0.2, 0.25) is 15.9 Å². The molecule has 0 radical (unpaired) electrons. The van der Waals surface area contributed by atoms with Crippen molar-refractivity contribution in [2.45, 2.75) is 23.8 Å². The Hall–Kier alpha value is -1.12. The van der Waals surface area contributed by atoms with E-state index in [1.165, 1.54) is 19.2 Å². The molecule has 1 amide bonds. The lowest BCUT2D eigenvalue weighted by Crippen LogP contribution is -2.50. The summed E-state index contributed by atoms with van der Waals surface area (Å²) in [6.07, 6.45) is 1.26. The minimum Gasteiger partial charge on any atom is -0.496 e. The van der Waals surface area contributed by atoms with Crippen molar-refractivity contribution in [2.24, 2.45) is 0 Å². The van der Waals surface area contributed by atoms with Crippen LogP contribution < -0.4 is 14.8 Å². The quantitative estimate of drug-likeness (QED) is 0.837. The van der Waals surface area contributed by atoms with E-state index in [-0.39, 0.29) is 10.8 Å². The first kappa shape index (κ1) is 15.3. The fourth-order valence-corrected chi connectivity index (χ4v) is 3.90. The van der Waals surface area contributed by atoms with Crippen molar-refractivity contribution in [3.05, 3.63) is 22.7 Å². The van der Waals surface area contributed by atoms with Crippen LogP contribution in [0.5, 0.6) is 5.75 Å². The topological polar surface area (TPSA) is 84.5 Å². The van der Waals surface area contributed by atoms with Crippen LogP contribution in [0.25, 0.3) is 0 Å². The van der Waals surface area contributed by atoms with Crippen LogP contribution in [0.1, 0.15) is 12.8 Å². The molecule has 0 bridgehead atoms. The van der Waals surface area contributed by atoms with E-state index in [0.29, 0.717) is 23.2 Å². The summed E-state index contributed by atoms with van der Waals surface area (Å²) in [5.41, 5.74) is 0. The number of piperidine rings is 1. The van der Waals surface area contributed by atoms with Crippen molar-refractivity contribution in [1.82, 2.24) is 10.0 Å². The van der Waals surface area contributed by atoms with E-state index in [2.05, 4.69) is 26.0 Å². The lowest BCUT2D eigenvalue weighted by Gasteiger charge is -2.22. The van der Waals surface area contributed by atoms with Gasteiger partial charge in [-0.1, -0.05) is 0 Å². The normalized spacial score (nSPS) is 19.5. The Bertz CT molecular complexity index is 618. The van der Waals surface area contributed by atoms with Crippen LogP contribution in [-0.4, -0.2) is 34.0 Å². The second-order valence-electron chi connectivity index (χ2n) is 4.40. The van der Waals surface area contributed by atoms with Crippen LogP contribution in [0, 0.1) is 0 Å². The molecule has 1 aliphatic rings. The van der Waals surface area contributed by atoms with Gasteiger partial charge in [-0.3, -0.25) is 4.79 Å². The predicted molar refractivity (Wildman–Crippen MR) is 77.0 cm³/mol. The molecule has 1 heterocycles. The number of halogens is 1. The molecule has 6 nitrogen and oxygen atoms in total. The van der Waals surface area contributed by atoms with Crippen LogP contribution in [0.15, 0.2) is 27.6 Å². The van der Waals surface area contributed by atoms with Crippen molar-refractivity contribution in [3.8, 4) is 5.75 Å². The summed E-state index contributed by atoms with van der Waals surface area (Å²) in [7, 11) is -2.24. The molecule has 0 saturated carbocycles. The molecule has 2 N–H and O–H groups in total. The maximum Gasteiger partial charge on any atom is 0.241 e. The van der Waals surface area contributed by atoms with Crippen molar-refractivity contribution < 1.29 is 17.9 Å². The summed E-state index contributed by atoms with van der Waals surface area (Å²) in [6, 6.07) is 3.73. The largest absolute Gasteiger partial charge is 0.496 e. The molecule has 1 aromatic rings. The summed E-state index contributed by atoms with van der Waals surface area (Å²) in [5.74, 6) is 0.256. The molecule has 2 rings (SSSR count). The summed E-state index contributed by atoms with van der Waals surface area (Å²) in [4.78, 5) is 11.7. The standard InChI is InChI=1S/C12H15BrN2O4S/c1-19-11-5-4-8(7-9(11)13)20(17,18)15-10-3-2-6-14-12(10)16/h4-5,7,10,15H,2-3,6H2,1H3,(H,14,16). The minimum atomic E-state index is -3.74. The van der Waals surface area contributed by atoms with Crippen LogP contribution >= 0.6 is 15.9 Å². The third kappa shape index (κ3) is 3.31. The highest BCUT2D eigenvalue weighted by Gasteiger charge is 2.27. The van der Waals surface area contributed by atoms with Gasteiger partial charge in [-0.25, -0.2) is 8.42 Å². The Balaban J connectivity index is 2.21. The Morgan fingerprint density at radius 1 is 1.45 bits per heavy atom. The minimum absolute atomic E-state index is 0.0866. The van der Waals surface area contributed by atoms with Gasteiger partial charge in [-0.2, -0.15) is 4.72 Å². The molecule has 0 aliphatic carbocycles. The maximum absolute atomic E-state index is 12.2. The highest BCUT2D eigenvalue weighted by atomic mass is 79.9. The smallest absolute Gasteiger partial charge is 0.241 e. The number of hydrogen-bond donors (Lipinski definition) is 2. The lowest BCUT2D eigenvalue weighted by molar-refractivity contribution is -0.124. The number of benzene rings is 1. The van der Waals surface area contributed by atoms with Crippen molar-refractivity contribution >= 4 is 31.9 Å².